The fraction of sp³-hybridized carbons (Fsp3) is 0.467. The van der Waals surface area contributed by atoms with E-state index in [-0.39, 0.29) is 23.2 Å². The summed E-state index contributed by atoms with van der Waals surface area (Å²) in [7, 11) is 0. The van der Waals surface area contributed by atoms with Gasteiger partial charge in [0.15, 0.2) is 0 Å². The number of rotatable bonds is 5. The van der Waals surface area contributed by atoms with Crippen LogP contribution in [0.15, 0.2) is 18.2 Å². The number of nitrogens with one attached hydrogen (secondary N) is 1. The van der Waals surface area contributed by atoms with Crippen molar-refractivity contribution in [2.24, 2.45) is 0 Å². The van der Waals surface area contributed by atoms with Crippen molar-refractivity contribution in [1.29, 1.82) is 0 Å². The molecule has 7 nitrogen and oxygen atoms in total. The van der Waals surface area contributed by atoms with E-state index in [2.05, 4.69) is 10.3 Å². The fourth-order valence-corrected chi connectivity index (χ4v) is 2.20. The summed E-state index contributed by atoms with van der Waals surface area (Å²) in [5.74, 6) is -0.488. The minimum Gasteiger partial charge on any atom is -0.351 e. The maximum Gasteiger partial charge on any atom is 0.272 e. The molecular formula is C15H20N4O3. The summed E-state index contributed by atoms with van der Waals surface area (Å²) in [4.78, 5) is 42.4. The van der Waals surface area contributed by atoms with E-state index in [0.29, 0.717) is 32.7 Å². The lowest BCUT2D eigenvalue weighted by Gasteiger charge is -2.32. The molecule has 7 heteroatoms. The van der Waals surface area contributed by atoms with E-state index in [0.717, 1.165) is 12.8 Å². The highest BCUT2D eigenvalue weighted by molar-refractivity contribution is 5.96. The van der Waals surface area contributed by atoms with Crippen molar-refractivity contribution in [3.8, 4) is 0 Å². The van der Waals surface area contributed by atoms with Gasteiger partial charge in [0.25, 0.3) is 11.8 Å². The van der Waals surface area contributed by atoms with Gasteiger partial charge in [-0.1, -0.05) is 13.0 Å². The molecule has 1 aliphatic heterocycles. The second-order valence-electron chi connectivity index (χ2n) is 5.10. The Balaban J connectivity index is 2.04. The number of aromatic nitrogens is 1. The zero-order valence-corrected chi connectivity index (χ0v) is 12.6. The zero-order chi connectivity index (χ0) is 15.9. The highest BCUT2D eigenvalue weighted by Crippen LogP contribution is 2.07. The van der Waals surface area contributed by atoms with Crippen LogP contribution >= 0.6 is 0 Å². The molecule has 0 bridgehead atoms. The third-order valence-electron chi connectivity index (χ3n) is 3.49. The maximum atomic E-state index is 12.4. The Morgan fingerprint density at radius 1 is 1.23 bits per heavy atom. The molecular weight excluding hydrogens is 284 g/mol. The van der Waals surface area contributed by atoms with E-state index in [9.17, 15) is 14.4 Å². The van der Waals surface area contributed by atoms with Crippen molar-refractivity contribution in [3.63, 3.8) is 0 Å². The third kappa shape index (κ3) is 3.81. The lowest BCUT2D eigenvalue weighted by atomic mass is 10.2. The normalized spacial score (nSPS) is 14.6. The Labute approximate surface area is 129 Å². The third-order valence-corrected chi connectivity index (χ3v) is 3.49. The lowest BCUT2D eigenvalue weighted by molar-refractivity contribution is -0.119. The predicted octanol–water partition coefficient (Wildman–Crippen LogP) is 0.136. The second kappa shape index (κ2) is 7.53. The van der Waals surface area contributed by atoms with Gasteiger partial charge in [-0.05, 0) is 18.6 Å². The average molecular weight is 304 g/mol. The first-order valence-electron chi connectivity index (χ1n) is 7.39. The highest BCUT2D eigenvalue weighted by atomic mass is 16.2. The quantitative estimate of drug-likeness (QED) is 0.784. The van der Waals surface area contributed by atoms with Crippen LogP contribution < -0.4 is 5.32 Å². The van der Waals surface area contributed by atoms with Crippen LogP contribution in [0.5, 0.6) is 0 Å². The number of hydrogen-bond donors (Lipinski definition) is 1. The summed E-state index contributed by atoms with van der Waals surface area (Å²) in [6.07, 6.45) is 1.63. The first-order valence-corrected chi connectivity index (χ1v) is 7.39. The van der Waals surface area contributed by atoms with Gasteiger partial charge in [0.05, 0.1) is 0 Å². The van der Waals surface area contributed by atoms with Gasteiger partial charge in [0.2, 0.25) is 6.41 Å². The van der Waals surface area contributed by atoms with Crippen molar-refractivity contribution >= 4 is 18.2 Å². The van der Waals surface area contributed by atoms with Gasteiger partial charge in [-0.2, -0.15) is 0 Å². The van der Waals surface area contributed by atoms with Crippen LogP contribution in [0.3, 0.4) is 0 Å². The van der Waals surface area contributed by atoms with Gasteiger partial charge in [-0.25, -0.2) is 4.98 Å². The van der Waals surface area contributed by atoms with Crippen LogP contribution in [-0.2, 0) is 4.79 Å². The van der Waals surface area contributed by atoms with Crippen molar-refractivity contribution < 1.29 is 14.4 Å². The fourth-order valence-electron chi connectivity index (χ4n) is 2.20. The van der Waals surface area contributed by atoms with Crippen LogP contribution in [0, 0.1) is 0 Å². The van der Waals surface area contributed by atoms with Gasteiger partial charge in [0, 0.05) is 32.7 Å². The largest absolute Gasteiger partial charge is 0.351 e. The van der Waals surface area contributed by atoms with Gasteiger partial charge < -0.3 is 15.1 Å². The Kier molecular flexibility index (Phi) is 5.46. The number of nitrogens with zero attached hydrogens (tertiary/aromatic N) is 3. The van der Waals surface area contributed by atoms with Gasteiger partial charge in [-0.3, -0.25) is 14.4 Å². The monoisotopic (exact) mass is 304 g/mol. The zero-order valence-electron chi connectivity index (χ0n) is 12.6. The minimum atomic E-state index is -0.276. The molecule has 1 aromatic heterocycles. The van der Waals surface area contributed by atoms with Gasteiger partial charge in [0.1, 0.15) is 11.4 Å². The standard InChI is InChI=1S/C15H20N4O3/c1-2-6-16-14(21)12-4-3-5-13(17-12)15(22)19-9-7-18(11-20)8-10-19/h3-5,11H,2,6-10H2,1H3,(H,16,21). The molecule has 118 valence electrons. The molecule has 3 amide bonds. The van der Waals surface area contributed by atoms with E-state index in [1.165, 1.54) is 0 Å². The summed E-state index contributed by atoms with van der Waals surface area (Å²) in [6.45, 7) is 4.54. The minimum absolute atomic E-state index is 0.212. The average Bonchev–Trinajstić information content (AvgIpc) is 2.59. The Morgan fingerprint density at radius 3 is 2.55 bits per heavy atom. The SMILES string of the molecule is CCCNC(=O)c1cccc(C(=O)N2CCN(C=O)CC2)n1. The van der Waals surface area contributed by atoms with Crippen LogP contribution in [0.25, 0.3) is 0 Å². The van der Waals surface area contributed by atoms with Crippen molar-refractivity contribution in [2.45, 2.75) is 13.3 Å². The number of amides is 3. The van der Waals surface area contributed by atoms with E-state index >= 15 is 0 Å². The molecule has 1 fully saturated rings. The van der Waals surface area contributed by atoms with Crippen LogP contribution in [-0.4, -0.2) is 65.7 Å². The van der Waals surface area contributed by atoms with Crippen molar-refractivity contribution in [3.05, 3.63) is 29.6 Å². The molecule has 0 spiro atoms. The first-order chi connectivity index (χ1) is 10.7. The molecule has 2 rings (SSSR count). The van der Waals surface area contributed by atoms with E-state index in [4.69, 9.17) is 0 Å². The molecule has 22 heavy (non-hydrogen) atoms. The molecule has 1 saturated heterocycles. The number of carbonyl (C=O) groups is 3. The van der Waals surface area contributed by atoms with Crippen molar-refractivity contribution in [1.82, 2.24) is 20.1 Å². The Hall–Kier alpha value is -2.44. The molecule has 0 radical (unpaired) electrons. The van der Waals surface area contributed by atoms with Crippen LogP contribution in [0.1, 0.15) is 34.3 Å². The van der Waals surface area contributed by atoms with E-state index in [1.54, 1.807) is 28.0 Å². The second-order valence-corrected chi connectivity index (χ2v) is 5.10. The smallest absolute Gasteiger partial charge is 0.272 e. The Bertz CT molecular complexity index is 553. The number of hydrogen-bond acceptors (Lipinski definition) is 4. The van der Waals surface area contributed by atoms with Gasteiger partial charge >= 0.3 is 0 Å². The molecule has 0 unspecified atom stereocenters. The van der Waals surface area contributed by atoms with E-state index in [1.807, 2.05) is 6.92 Å². The molecule has 0 saturated carbocycles. The summed E-state index contributed by atoms with van der Waals surface area (Å²) in [5, 5.41) is 2.74. The molecule has 0 atom stereocenters. The first kappa shape index (κ1) is 15.9. The van der Waals surface area contributed by atoms with Crippen LogP contribution in [0.2, 0.25) is 0 Å². The summed E-state index contributed by atoms with van der Waals surface area (Å²) in [5.41, 5.74) is 0.495. The highest BCUT2D eigenvalue weighted by Gasteiger charge is 2.22. The molecule has 0 aliphatic carbocycles. The topological polar surface area (TPSA) is 82.6 Å². The molecule has 0 aromatic carbocycles. The van der Waals surface area contributed by atoms with Gasteiger partial charge in [-0.15, -0.1) is 0 Å². The maximum absolute atomic E-state index is 12.4. The summed E-state index contributed by atoms with van der Waals surface area (Å²) < 4.78 is 0. The molecule has 1 N–H and O–H groups in total. The molecule has 1 aromatic rings. The molecule has 1 aliphatic rings. The van der Waals surface area contributed by atoms with Crippen LogP contribution in [0.4, 0.5) is 0 Å². The number of pyridine rings is 1. The lowest BCUT2D eigenvalue weighted by Crippen LogP contribution is -2.48. The van der Waals surface area contributed by atoms with Crippen molar-refractivity contribution in [2.75, 3.05) is 32.7 Å². The number of carbonyl (C=O) groups excluding carboxylic acids is 3. The predicted molar refractivity (Wildman–Crippen MR) is 80.4 cm³/mol. The Morgan fingerprint density at radius 2 is 1.91 bits per heavy atom. The summed E-state index contributed by atoms with van der Waals surface area (Å²) >= 11 is 0. The van der Waals surface area contributed by atoms with E-state index < -0.39 is 0 Å². The summed E-state index contributed by atoms with van der Waals surface area (Å²) in [6, 6.07) is 4.85. The molecule has 2 heterocycles. The number of piperazine rings is 1.